The van der Waals surface area contributed by atoms with Crippen LogP contribution < -0.4 is 14.8 Å². The Balaban J connectivity index is 1.60. The van der Waals surface area contributed by atoms with Gasteiger partial charge in [0, 0.05) is 12.6 Å². The van der Waals surface area contributed by atoms with E-state index in [1.54, 1.807) is 6.07 Å². The van der Waals surface area contributed by atoms with Gasteiger partial charge in [-0.05, 0) is 48.7 Å². The van der Waals surface area contributed by atoms with E-state index in [4.69, 9.17) is 19.7 Å². The summed E-state index contributed by atoms with van der Waals surface area (Å²) in [6, 6.07) is 10.2. The van der Waals surface area contributed by atoms with Crippen LogP contribution in [-0.2, 0) is 16.0 Å². The number of carbonyl (C=O) groups is 2. The number of aliphatic carboxylic acids is 2. The molecule has 154 valence electrons. The molecule has 0 aliphatic carbocycles. The largest absolute Gasteiger partial charge is 0.475 e. The summed E-state index contributed by atoms with van der Waals surface area (Å²) in [4.78, 5) is 22.6. The highest BCUT2D eigenvalue weighted by Gasteiger charge is 2.57. The Hall–Kier alpha value is -3.17. The molecule has 9 heteroatoms. The zero-order valence-corrected chi connectivity index (χ0v) is 15.5. The van der Waals surface area contributed by atoms with Crippen molar-refractivity contribution < 1.29 is 38.8 Å². The molecule has 0 spiro atoms. The van der Waals surface area contributed by atoms with Crippen LogP contribution in [0.25, 0.3) is 0 Å². The monoisotopic (exact) mass is 405 g/mol. The Morgan fingerprint density at radius 2 is 1.69 bits per heavy atom. The van der Waals surface area contributed by atoms with Crippen molar-refractivity contribution in [1.82, 2.24) is 5.32 Å². The van der Waals surface area contributed by atoms with Crippen LogP contribution in [0.4, 0.5) is 4.39 Å². The van der Waals surface area contributed by atoms with Gasteiger partial charge in [-0.1, -0.05) is 18.2 Å². The molecule has 1 aliphatic rings. The third-order valence-electron chi connectivity index (χ3n) is 4.53. The smallest absolute Gasteiger partial charge is 0.453 e. The van der Waals surface area contributed by atoms with Crippen LogP contribution in [0, 0.1) is 5.82 Å². The molecule has 1 heterocycles. The van der Waals surface area contributed by atoms with E-state index < -0.39 is 23.8 Å². The minimum absolute atomic E-state index is 0.0332. The lowest BCUT2D eigenvalue weighted by Gasteiger charge is -2.18. The molecule has 0 saturated heterocycles. The molecule has 0 bridgehead atoms. The van der Waals surface area contributed by atoms with Crippen LogP contribution >= 0.6 is 0 Å². The van der Waals surface area contributed by atoms with Gasteiger partial charge in [0.2, 0.25) is 0 Å². The summed E-state index contributed by atoms with van der Waals surface area (Å²) >= 11 is 0. The molecular formula is C20H20FNO7. The number of fused-ring (bicyclic) bond motifs is 1. The van der Waals surface area contributed by atoms with Gasteiger partial charge in [0.1, 0.15) is 5.82 Å². The van der Waals surface area contributed by atoms with Gasteiger partial charge in [-0.2, -0.15) is 0 Å². The SMILES string of the molecule is CC(Cc1ccc2c(c1)OC(C(=O)O)(C(=O)O)O2)NCC(O)c1ccc(F)cc1. The summed E-state index contributed by atoms with van der Waals surface area (Å²) < 4.78 is 23.1. The molecule has 0 radical (unpaired) electrons. The molecule has 29 heavy (non-hydrogen) atoms. The summed E-state index contributed by atoms with van der Waals surface area (Å²) in [7, 11) is 0. The number of halogens is 1. The van der Waals surface area contributed by atoms with Crippen molar-refractivity contribution in [3.05, 3.63) is 59.4 Å². The average molecular weight is 405 g/mol. The highest BCUT2D eigenvalue weighted by Crippen LogP contribution is 2.40. The number of rotatable bonds is 8. The summed E-state index contributed by atoms with van der Waals surface area (Å²) in [5.74, 6) is -6.61. The second-order valence-corrected chi connectivity index (χ2v) is 6.79. The van der Waals surface area contributed by atoms with Crippen molar-refractivity contribution >= 4 is 11.9 Å². The van der Waals surface area contributed by atoms with Crippen LogP contribution in [0.2, 0.25) is 0 Å². The third kappa shape index (κ3) is 4.30. The number of aliphatic hydroxyl groups is 1. The minimum Gasteiger partial charge on any atom is -0.475 e. The maximum atomic E-state index is 13.0. The summed E-state index contributed by atoms with van der Waals surface area (Å²) in [5.41, 5.74) is 1.35. The molecule has 2 aromatic rings. The molecule has 0 aromatic heterocycles. The lowest BCUT2D eigenvalue weighted by Crippen LogP contribution is -2.54. The van der Waals surface area contributed by atoms with Crippen LogP contribution in [0.5, 0.6) is 11.5 Å². The number of carboxylic acids is 2. The molecule has 2 atom stereocenters. The van der Waals surface area contributed by atoms with Gasteiger partial charge >= 0.3 is 17.7 Å². The molecule has 1 aliphatic heterocycles. The first-order valence-electron chi connectivity index (χ1n) is 8.86. The molecule has 0 fully saturated rings. The first-order valence-corrected chi connectivity index (χ1v) is 8.86. The molecule has 8 nitrogen and oxygen atoms in total. The summed E-state index contributed by atoms with van der Waals surface area (Å²) in [5, 5.41) is 31.7. The van der Waals surface area contributed by atoms with E-state index in [0.29, 0.717) is 12.0 Å². The lowest BCUT2D eigenvalue weighted by molar-refractivity contribution is -0.194. The Morgan fingerprint density at radius 1 is 1.07 bits per heavy atom. The highest BCUT2D eigenvalue weighted by molar-refractivity contribution is 6.01. The Morgan fingerprint density at radius 3 is 2.31 bits per heavy atom. The Kier molecular flexibility index (Phi) is 5.71. The average Bonchev–Trinajstić information content (AvgIpc) is 3.07. The van der Waals surface area contributed by atoms with E-state index in [-0.39, 0.29) is 29.9 Å². The zero-order chi connectivity index (χ0) is 21.2. The van der Waals surface area contributed by atoms with Crippen molar-refractivity contribution in [1.29, 1.82) is 0 Å². The quantitative estimate of drug-likeness (QED) is 0.489. The number of aliphatic hydroxyl groups excluding tert-OH is 1. The number of ether oxygens (including phenoxy) is 2. The van der Waals surface area contributed by atoms with Crippen LogP contribution in [0.3, 0.4) is 0 Å². The molecule has 3 rings (SSSR count). The van der Waals surface area contributed by atoms with Gasteiger partial charge in [-0.25, -0.2) is 14.0 Å². The van der Waals surface area contributed by atoms with Crippen molar-refractivity contribution in [3.8, 4) is 11.5 Å². The van der Waals surface area contributed by atoms with Crippen molar-refractivity contribution in [2.24, 2.45) is 0 Å². The van der Waals surface area contributed by atoms with Gasteiger partial charge in [0.15, 0.2) is 11.5 Å². The van der Waals surface area contributed by atoms with E-state index in [1.165, 1.54) is 36.4 Å². The molecule has 0 saturated carbocycles. The van der Waals surface area contributed by atoms with E-state index >= 15 is 0 Å². The second kappa shape index (κ2) is 8.06. The van der Waals surface area contributed by atoms with Crippen molar-refractivity contribution in [2.45, 2.75) is 31.3 Å². The minimum atomic E-state index is -2.79. The predicted molar refractivity (Wildman–Crippen MR) is 98.2 cm³/mol. The Bertz CT molecular complexity index is 902. The van der Waals surface area contributed by atoms with E-state index in [9.17, 15) is 19.1 Å². The number of hydrogen-bond acceptors (Lipinski definition) is 6. The topological polar surface area (TPSA) is 125 Å². The van der Waals surface area contributed by atoms with Gasteiger partial charge < -0.3 is 30.1 Å². The number of nitrogens with one attached hydrogen (secondary N) is 1. The van der Waals surface area contributed by atoms with Crippen molar-refractivity contribution in [3.63, 3.8) is 0 Å². The molecule has 0 amide bonds. The highest BCUT2D eigenvalue weighted by atomic mass is 19.1. The van der Waals surface area contributed by atoms with E-state index in [2.05, 4.69) is 5.32 Å². The fourth-order valence-electron chi connectivity index (χ4n) is 2.98. The maximum absolute atomic E-state index is 13.0. The van der Waals surface area contributed by atoms with Crippen LogP contribution in [0.1, 0.15) is 24.2 Å². The van der Waals surface area contributed by atoms with Crippen LogP contribution in [0.15, 0.2) is 42.5 Å². The van der Waals surface area contributed by atoms with Crippen LogP contribution in [-0.4, -0.2) is 45.6 Å². The third-order valence-corrected chi connectivity index (χ3v) is 4.53. The van der Waals surface area contributed by atoms with Gasteiger partial charge in [-0.3, -0.25) is 0 Å². The normalized spacial score (nSPS) is 16.2. The standard InChI is InChI=1S/C20H20FNO7/c1-11(22-10-15(23)13-3-5-14(21)6-4-13)8-12-2-7-16-17(9-12)29-20(28-16,18(24)25)19(26)27/h2-7,9,11,15,22-23H,8,10H2,1H3,(H,24,25)(H,26,27). The van der Waals surface area contributed by atoms with E-state index in [0.717, 1.165) is 5.56 Å². The maximum Gasteiger partial charge on any atom is 0.453 e. The number of carboxylic acid groups (broad SMARTS) is 2. The lowest BCUT2D eigenvalue weighted by atomic mass is 10.1. The summed E-state index contributed by atoms with van der Waals surface area (Å²) in [6.07, 6.45) is -0.304. The fourth-order valence-corrected chi connectivity index (χ4v) is 2.98. The first kappa shape index (κ1) is 20.6. The van der Waals surface area contributed by atoms with Crippen molar-refractivity contribution in [2.75, 3.05) is 6.54 Å². The number of hydrogen-bond donors (Lipinski definition) is 4. The zero-order valence-electron chi connectivity index (χ0n) is 15.5. The van der Waals surface area contributed by atoms with Gasteiger partial charge in [0.25, 0.3) is 0 Å². The molecular weight excluding hydrogens is 385 g/mol. The molecule has 2 unspecified atom stereocenters. The second-order valence-electron chi connectivity index (χ2n) is 6.79. The van der Waals surface area contributed by atoms with Gasteiger partial charge in [-0.15, -0.1) is 0 Å². The first-order chi connectivity index (χ1) is 13.7. The van der Waals surface area contributed by atoms with E-state index in [1.807, 2.05) is 6.92 Å². The summed E-state index contributed by atoms with van der Waals surface area (Å²) in [6.45, 7) is 2.14. The predicted octanol–water partition coefficient (Wildman–Crippen LogP) is 1.72. The number of benzene rings is 2. The molecule has 2 aromatic carbocycles. The molecule has 4 N–H and O–H groups in total. The van der Waals surface area contributed by atoms with Gasteiger partial charge in [0.05, 0.1) is 6.10 Å². The fraction of sp³-hybridized carbons (Fsp3) is 0.300. The Labute approximate surface area is 165 Å².